The van der Waals surface area contributed by atoms with Gasteiger partial charge in [0.05, 0.1) is 17.8 Å². The number of fused-ring (bicyclic) bond motifs is 1. The van der Waals surface area contributed by atoms with Gasteiger partial charge in [0.15, 0.2) is 0 Å². The molecule has 2 N–H and O–H groups in total. The molecule has 6 heteroatoms. The molecule has 2 atom stereocenters. The first-order valence-corrected chi connectivity index (χ1v) is 8.19. The quantitative estimate of drug-likeness (QED) is 0.484. The third-order valence-electron chi connectivity index (χ3n) is 3.88. The minimum absolute atomic E-state index is 0.0582. The van der Waals surface area contributed by atoms with Gasteiger partial charge >= 0.3 is 0 Å². The van der Waals surface area contributed by atoms with Crippen LogP contribution >= 0.6 is 15.9 Å². The molecule has 0 unspecified atom stereocenters. The molecule has 0 aliphatic heterocycles. The highest BCUT2D eigenvalue weighted by molar-refractivity contribution is 9.10. The highest BCUT2D eigenvalue weighted by atomic mass is 79.9. The summed E-state index contributed by atoms with van der Waals surface area (Å²) in [5.41, 5.74) is 2.34. The Kier molecular flexibility index (Phi) is 4.74. The molecule has 120 valence electrons. The minimum Gasteiger partial charge on any atom is -0.390 e. The monoisotopic (exact) mass is 383 g/mol. The lowest BCUT2D eigenvalue weighted by atomic mass is 10.1. The number of hydrogen-bond donors (Lipinski definition) is 2. The lowest BCUT2D eigenvalue weighted by molar-refractivity contribution is -0.118. The molecule has 1 heterocycles. The molecule has 0 spiro atoms. The van der Waals surface area contributed by atoms with Gasteiger partial charge in [0, 0.05) is 6.42 Å². The lowest BCUT2D eigenvalue weighted by Gasteiger charge is -2.17. The molecule has 0 fully saturated rings. The maximum absolute atomic E-state index is 12.4. The maximum atomic E-state index is 12.4. The first-order chi connectivity index (χ1) is 11.6. The number of aliphatic hydroxyl groups is 1. The Balaban J connectivity index is 1.82. The molecule has 0 radical (unpaired) electrons. The van der Waals surface area contributed by atoms with Crippen molar-refractivity contribution in [3.63, 3.8) is 0 Å². The van der Waals surface area contributed by atoms with E-state index in [0.717, 1.165) is 11.1 Å². The van der Waals surface area contributed by atoms with E-state index < -0.39 is 18.1 Å². The number of rotatable bonds is 3. The third kappa shape index (κ3) is 3.37. The fourth-order valence-corrected chi connectivity index (χ4v) is 3.13. The summed E-state index contributed by atoms with van der Waals surface area (Å²) in [6.07, 6.45) is 1.21. The summed E-state index contributed by atoms with van der Waals surface area (Å²) >= 11 is 3.25. The predicted molar refractivity (Wildman–Crippen MR) is 92.6 cm³/mol. The molecule has 3 rings (SSSR count). The van der Waals surface area contributed by atoms with Gasteiger partial charge in [-0.3, -0.25) is 4.79 Å². The zero-order valence-electron chi connectivity index (χ0n) is 12.6. The molecule has 1 amide bonds. The fraction of sp³-hybridized carbons (Fsp3) is 0.167. The molecule has 1 aromatic carbocycles. The zero-order chi connectivity index (χ0) is 17.1. The number of nitrogens with zero attached hydrogens (tertiary/aromatic N) is 2. The van der Waals surface area contributed by atoms with Crippen molar-refractivity contribution in [2.45, 2.75) is 18.6 Å². The van der Waals surface area contributed by atoms with Gasteiger partial charge in [-0.15, -0.1) is 0 Å². The fourth-order valence-electron chi connectivity index (χ4n) is 2.77. The first-order valence-electron chi connectivity index (χ1n) is 7.39. The van der Waals surface area contributed by atoms with Crippen molar-refractivity contribution in [3.05, 3.63) is 69.5 Å². The van der Waals surface area contributed by atoms with Crippen molar-refractivity contribution in [2.24, 2.45) is 0 Å². The van der Waals surface area contributed by atoms with Crippen LogP contribution in [0, 0.1) is 11.3 Å². The Labute approximate surface area is 147 Å². The lowest BCUT2D eigenvalue weighted by Crippen LogP contribution is -2.34. The van der Waals surface area contributed by atoms with Gasteiger partial charge in [0.25, 0.3) is 5.91 Å². The van der Waals surface area contributed by atoms with Crippen molar-refractivity contribution >= 4 is 27.9 Å². The van der Waals surface area contributed by atoms with Crippen LogP contribution in [0.4, 0.5) is 0 Å². The number of pyridine rings is 1. The molecular weight excluding hydrogens is 370 g/mol. The van der Waals surface area contributed by atoms with Crippen molar-refractivity contribution in [2.75, 3.05) is 0 Å². The Morgan fingerprint density at radius 2 is 2.12 bits per heavy atom. The standard InChI is InChI=1S/C18H14BrN3O2/c19-16-7-3-5-13(21-16)8-12(10-20)18(24)22-17-14-6-2-1-4-11(14)9-15(17)23/h1-8,15,17,23H,9H2,(H,22,24)/b12-8+/t15-,17+/m1/s1. The second-order valence-corrected chi connectivity index (χ2v) is 6.29. The SMILES string of the molecule is N#C/C(=C\c1cccc(Br)n1)C(=O)N[C@H]1c2ccccc2C[C@H]1O. The van der Waals surface area contributed by atoms with E-state index in [-0.39, 0.29) is 5.57 Å². The molecule has 24 heavy (non-hydrogen) atoms. The number of halogens is 1. The van der Waals surface area contributed by atoms with Gasteiger partial charge < -0.3 is 10.4 Å². The van der Waals surface area contributed by atoms with Crippen LogP contribution in [0.3, 0.4) is 0 Å². The molecule has 5 nitrogen and oxygen atoms in total. The number of carbonyl (C=O) groups excluding carboxylic acids is 1. The highest BCUT2D eigenvalue weighted by Gasteiger charge is 2.32. The van der Waals surface area contributed by atoms with E-state index in [1.807, 2.05) is 30.3 Å². The number of carbonyl (C=O) groups is 1. The van der Waals surface area contributed by atoms with Gasteiger partial charge in [-0.1, -0.05) is 30.3 Å². The van der Waals surface area contributed by atoms with Gasteiger partial charge in [0.2, 0.25) is 0 Å². The largest absolute Gasteiger partial charge is 0.390 e. The molecule has 0 saturated carbocycles. The number of benzene rings is 1. The van der Waals surface area contributed by atoms with Crippen LogP contribution in [-0.4, -0.2) is 22.1 Å². The Bertz CT molecular complexity index is 857. The average Bonchev–Trinajstić information content (AvgIpc) is 2.88. The smallest absolute Gasteiger partial charge is 0.262 e. The first kappa shape index (κ1) is 16.4. The molecule has 2 aromatic rings. The average molecular weight is 384 g/mol. The summed E-state index contributed by atoms with van der Waals surface area (Å²) in [6.45, 7) is 0. The maximum Gasteiger partial charge on any atom is 0.262 e. The van der Waals surface area contributed by atoms with Gasteiger partial charge in [-0.25, -0.2) is 4.98 Å². The number of aromatic nitrogens is 1. The van der Waals surface area contributed by atoms with E-state index in [9.17, 15) is 15.2 Å². The summed E-state index contributed by atoms with van der Waals surface area (Å²) in [5.74, 6) is -0.528. The minimum atomic E-state index is -0.699. The summed E-state index contributed by atoms with van der Waals surface area (Å²) in [4.78, 5) is 16.6. The molecule has 0 bridgehead atoms. The van der Waals surface area contributed by atoms with Crippen molar-refractivity contribution in [3.8, 4) is 6.07 Å². The predicted octanol–water partition coefficient (Wildman–Crippen LogP) is 2.53. The summed E-state index contributed by atoms with van der Waals surface area (Å²) in [6, 6.07) is 14.2. The number of amides is 1. The van der Waals surface area contributed by atoms with E-state index in [1.54, 1.807) is 18.2 Å². The number of nitriles is 1. The molecule has 1 aliphatic carbocycles. The zero-order valence-corrected chi connectivity index (χ0v) is 14.2. The van der Waals surface area contributed by atoms with Crippen molar-refractivity contribution in [1.29, 1.82) is 5.26 Å². The van der Waals surface area contributed by atoms with E-state index in [1.165, 1.54) is 6.08 Å². The Hall–Kier alpha value is -2.49. The topological polar surface area (TPSA) is 86.0 Å². The summed E-state index contributed by atoms with van der Waals surface area (Å²) < 4.78 is 0.620. The molecular formula is C18H14BrN3O2. The Morgan fingerprint density at radius 3 is 2.88 bits per heavy atom. The second-order valence-electron chi connectivity index (χ2n) is 5.48. The van der Waals surface area contributed by atoms with E-state index >= 15 is 0 Å². The van der Waals surface area contributed by atoms with Crippen molar-refractivity contribution in [1.82, 2.24) is 10.3 Å². The van der Waals surface area contributed by atoms with Crippen LogP contribution in [0.2, 0.25) is 0 Å². The van der Waals surface area contributed by atoms with Gasteiger partial charge in [0.1, 0.15) is 16.2 Å². The molecule has 0 saturated heterocycles. The molecule has 1 aromatic heterocycles. The van der Waals surface area contributed by atoms with Crippen molar-refractivity contribution < 1.29 is 9.90 Å². The van der Waals surface area contributed by atoms with Crippen LogP contribution in [0.1, 0.15) is 22.9 Å². The van der Waals surface area contributed by atoms with Crippen LogP contribution in [-0.2, 0) is 11.2 Å². The van der Waals surface area contributed by atoms with E-state index in [2.05, 4.69) is 26.2 Å². The normalized spacial score (nSPS) is 19.5. The second kappa shape index (κ2) is 6.95. The highest BCUT2D eigenvalue weighted by Crippen LogP contribution is 2.31. The van der Waals surface area contributed by atoms with Crippen LogP contribution in [0.5, 0.6) is 0 Å². The van der Waals surface area contributed by atoms with Gasteiger partial charge in [-0.05, 0) is 45.3 Å². The molecule has 1 aliphatic rings. The summed E-state index contributed by atoms with van der Waals surface area (Å²) in [5, 5.41) is 22.2. The van der Waals surface area contributed by atoms with Gasteiger partial charge in [-0.2, -0.15) is 5.26 Å². The number of aliphatic hydroxyl groups excluding tert-OH is 1. The summed E-state index contributed by atoms with van der Waals surface area (Å²) in [7, 11) is 0. The van der Waals surface area contributed by atoms with Crippen LogP contribution in [0.15, 0.2) is 52.6 Å². The van der Waals surface area contributed by atoms with Crippen LogP contribution in [0.25, 0.3) is 6.08 Å². The third-order valence-corrected chi connectivity index (χ3v) is 4.33. The van der Waals surface area contributed by atoms with E-state index in [0.29, 0.717) is 16.7 Å². The van der Waals surface area contributed by atoms with Crippen LogP contribution < -0.4 is 5.32 Å². The Morgan fingerprint density at radius 1 is 1.33 bits per heavy atom. The number of nitrogens with one attached hydrogen (secondary N) is 1. The number of hydrogen-bond acceptors (Lipinski definition) is 4. The van der Waals surface area contributed by atoms with E-state index in [4.69, 9.17) is 0 Å².